The van der Waals surface area contributed by atoms with Gasteiger partial charge in [-0.25, -0.2) is 9.67 Å². The van der Waals surface area contributed by atoms with Gasteiger partial charge in [0.1, 0.15) is 5.82 Å². The number of piperidine rings is 1. The zero-order chi connectivity index (χ0) is 19.5. The minimum absolute atomic E-state index is 0.123. The van der Waals surface area contributed by atoms with Crippen LogP contribution in [0.4, 0.5) is 5.82 Å². The Kier molecular flexibility index (Phi) is 6.08. The van der Waals surface area contributed by atoms with Crippen LogP contribution in [-0.4, -0.2) is 45.1 Å². The number of rotatable bonds is 6. The summed E-state index contributed by atoms with van der Waals surface area (Å²) in [5.74, 6) is 0.846. The molecular weight excluding hydrogens is 374 g/mol. The fourth-order valence-corrected chi connectivity index (χ4v) is 5.12. The van der Waals surface area contributed by atoms with E-state index in [2.05, 4.69) is 20.3 Å². The average Bonchev–Trinajstić information content (AvgIpc) is 3.31. The number of nitrogens with one attached hydrogen (secondary N) is 1. The molecule has 2 aromatic rings. The summed E-state index contributed by atoms with van der Waals surface area (Å²) in [5, 5.41) is 18.5. The molecule has 3 unspecified atom stereocenters. The fourth-order valence-electron chi connectivity index (χ4n) is 4.37. The summed E-state index contributed by atoms with van der Waals surface area (Å²) in [6, 6.07) is 3.61. The van der Waals surface area contributed by atoms with Crippen molar-refractivity contribution >= 4 is 17.2 Å². The fraction of sp³-hybridized carbons (Fsp3) is 0.650. The quantitative estimate of drug-likeness (QED) is 0.770. The van der Waals surface area contributed by atoms with Crippen LogP contribution in [0.1, 0.15) is 55.1 Å². The van der Waals surface area contributed by atoms with Gasteiger partial charge in [0, 0.05) is 36.6 Å². The van der Waals surface area contributed by atoms with Crippen LogP contribution in [0, 0.1) is 6.92 Å². The molecular formula is C20H29N5O2S. The molecule has 0 spiro atoms. The lowest BCUT2D eigenvalue weighted by Crippen LogP contribution is -2.46. The van der Waals surface area contributed by atoms with E-state index in [1.165, 1.54) is 16.0 Å². The summed E-state index contributed by atoms with van der Waals surface area (Å²) < 4.78 is 1.52. The van der Waals surface area contributed by atoms with E-state index in [4.69, 9.17) is 0 Å². The maximum Gasteiger partial charge on any atom is 0.267 e. The van der Waals surface area contributed by atoms with E-state index < -0.39 is 6.10 Å². The van der Waals surface area contributed by atoms with Gasteiger partial charge in [0.2, 0.25) is 0 Å². The molecule has 1 saturated heterocycles. The zero-order valence-electron chi connectivity index (χ0n) is 16.4. The van der Waals surface area contributed by atoms with Gasteiger partial charge in [-0.15, -0.1) is 11.3 Å². The Labute approximate surface area is 169 Å². The van der Waals surface area contributed by atoms with E-state index in [-0.39, 0.29) is 11.6 Å². The van der Waals surface area contributed by atoms with Crippen LogP contribution in [-0.2, 0) is 6.54 Å². The Morgan fingerprint density at radius 2 is 2.14 bits per heavy atom. The van der Waals surface area contributed by atoms with Crippen molar-refractivity contribution in [3.63, 3.8) is 0 Å². The summed E-state index contributed by atoms with van der Waals surface area (Å²) in [4.78, 5) is 20.3. The van der Waals surface area contributed by atoms with Crippen LogP contribution in [0.25, 0.3) is 0 Å². The lowest BCUT2D eigenvalue weighted by Gasteiger charge is -2.37. The second-order valence-electron chi connectivity index (χ2n) is 7.87. The number of thiazole rings is 1. The molecule has 8 heteroatoms. The van der Waals surface area contributed by atoms with Crippen molar-refractivity contribution in [1.29, 1.82) is 0 Å². The molecule has 1 saturated carbocycles. The first-order valence-electron chi connectivity index (χ1n) is 10.3. The molecule has 2 fully saturated rings. The highest BCUT2D eigenvalue weighted by atomic mass is 32.1. The molecule has 0 aromatic carbocycles. The number of aromatic nitrogens is 3. The summed E-state index contributed by atoms with van der Waals surface area (Å²) >= 11 is 1.69. The van der Waals surface area contributed by atoms with Gasteiger partial charge < -0.3 is 15.3 Å². The third-order valence-corrected chi connectivity index (χ3v) is 6.94. The van der Waals surface area contributed by atoms with Gasteiger partial charge in [-0.1, -0.05) is 0 Å². The molecule has 28 heavy (non-hydrogen) atoms. The molecule has 4 rings (SSSR count). The molecule has 3 atom stereocenters. The number of nitrogens with zero attached hydrogens (tertiary/aromatic N) is 4. The maximum atomic E-state index is 12.4. The zero-order valence-corrected chi connectivity index (χ0v) is 17.2. The molecule has 3 heterocycles. The van der Waals surface area contributed by atoms with E-state index in [9.17, 15) is 9.90 Å². The third kappa shape index (κ3) is 4.14. The van der Waals surface area contributed by atoms with Crippen molar-refractivity contribution in [3.05, 3.63) is 38.6 Å². The molecule has 0 bridgehead atoms. The maximum absolute atomic E-state index is 12.4. The molecule has 152 valence electrons. The van der Waals surface area contributed by atoms with E-state index in [1.54, 1.807) is 17.4 Å². The SMILES string of the molecule is Cc1ncsc1CNCC1CCCCN1c1ccc(=O)n(C2CCCC2O)n1. The summed E-state index contributed by atoms with van der Waals surface area (Å²) in [6.45, 7) is 4.71. The molecule has 1 aliphatic carbocycles. The first-order valence-corrected chi connectivity index (χ1v) is 11.2. The Morgan fingerprint density at radius 1 is 1.25 bits per heavy atom. The Morgan fingerprint density at radius 3 is 2.89 bits per heavy atom. The first kappa shape index (κ1) is 19.5. The number of aryl methyl sites for hydroxylation is 1. The second-order valence-corrected chi connectivity index (χ2v) is 8.81. The van der Waals surface area contributed by atoms with Crippen LogP contribution >= 0.6 is 11.3 Å². The lowest BCUT2D eigenvalue weighted by atomic mass is 10.0. The predicted octanol–water partition coefficient (Wildman–Crippen LogP) is 2.24. The summed E-state index contributed by atoms with van der Waals surface area (Å²) in [5.41, 5.74) is 2.87. The molecule has 0 radical (unpaired) electrons. The van der Waals surface area contributed by atoms with Gasteiger partial charge in [0.15, 0.2) is 0 Å². The van der Waals surface area contributed by atoms with E-state index >= 15 is 0 Å². The van der Waals surface area contributed by atoms with E-state index in [0.717, 1.165) is 63.3 Å². The lowest BCUT2D eigenvalue weighted by molar-refractivity contribution is 0.127. The smallest absolute Gasteiger partial charge is 0.267 e. The van der Waals surface area contributed by atoms with Gasteiger partial charge in [-0.05, 0) is 51.5 Å². The number of aliphatic hydroxyl groups is 1. The Hall–Kier alpha value is -1.77. The van der Waals surface area contributed by atoms with E-state index in [1.807, 2.05) is 18.5 Å². The van der Waals surface area contributed by atoms with Crippen LogP contribution in [0.2, 0.25) is 0 Å². The monoisotopic (exact) mass is 403 g/mol. The second kappa shape index (κ2) is 8.71. The van der Waals surface area contributed by atoms with Gasteiger partial charge in [0.05, 0.1) is 23.4 Å². The van der Waals surface area contributed by atoms with E-state index in [0.29, 0.717) is 6.04 Å². The van der Waals surface area contributed by atoms with Crippen molar-refractivity contribution in [2.24, 2.45) is 0 Å². The molecule has 0 amide bonds. The highest BCUT2D eigenvalue weighted by molar-refractivity contribution is 7.09. The number of anilines is 1. The number of hydrogen-bond donors (Lipinski definition) is 2. The van der Waals surface area contributed by atoms with Crippen molar-refractivity contribution in [2.75, 3.05) is 18.0 Å². The average molecular weight is 404 g/mol. The van der Waals surface area contributed by atoms with Gasteiger partial charge >= 0.3 is 0 Å². The van der Waals surface area contributed by atoms with Crippen LogP contribution in [0.5, 0.6) is 0 Å². The van der Waals surface area contributed by atoms with Crippen LogP contribution < -0.4 is 15.8 Å². The summed E-state index contributed by atoms with van der Waals surface area (Å²) in [7, 11) is 0. The number of aliphatic hydroxyl groups excluding tert-OH is 1. The van der Waals surface area contributed by atoms with Crippen LogP contribution in [0.3, 0.4) is 0 Å². The molecule has 7 nitrogen and oxygen atoms in total. The largest absolute Gasteiger partial charge is 0.391 e. The van der Waals surface area contributed by atoms with Crippen LogP contribution in [0.15, 0.2) is 22.4 Å². The van der Waals surface area contributed by atoms with Crippen molar-refractivity contribution in [1.82, 2.24) is 20.1 Å². The molecule has 1 aliphatic heterocycles. The van der Waals surface area contributed by atoms with Gasteiger partial charge in [-0.2, -0.15) is 5.10 Å². The summed E-state index contributed by atoms with van der Waals surface area (Å²) in [6.07, 6.45) is 5.49. The highest BCUT2D eigenvalue weighted by Crippen LogP contribution is 2.29. The topological polar surface area (TPSA) is 83.3 Å². The Bertz CT molecular complexity index is 851. The third-order valence-electron chi connectivity index (χ3n) is 6.00. The Balaban J connectivity index is 1.48. The van der Waals surface area contributed by atoms with Gasteiger partial charge in [-0.3, -0.25) is 4.79 Å². The van der Waals surface area contributed by atoms with Crippen molar-refractivity contribution in [2.45, 2.75) is 70.2 Å². The van der Waals surface area contributed by atoms with Gasteiger partial charge in [0.25, 0.3) is 5.56 Å². The molecule has 2 aliphatic rings. The molecule has 2 N–H and O–H groups in total. The minimum Gasteiger partial charge on any atom is -0.391 e. The van der Waals surface area contributed by atoms with Crippen molar-refractivity contribution < 1.29 is 5.11 Å². The first-order chi connectivity index (χ1) is 13.6. The normalized spacial score (nSPS) is 25.4. The minimum atomic E-state index is -0.470. The number of hydrogen-bond acceptors (Lipinski definition) is 7. The van der Waals surface area contributed by atoms with Crippen molar-refractivity contribution in [3.8, 4) is 0 Å². The molecule has 2 aromatic heterocycles. The highest BCUT2D eigenvalue weighted by Gasteiger charge is 2.30. The standard InChI is InChI=1S/C20H29N5O2S/c1-14-18(28-13-22-14)12-21-11-15-5-2-3-10-24(15)19-8-9-20(27)25(23-19)16-6-4-7-17(16)26/h8-9,13,15-17,21,26H,2-7,10-12H2,1H3. The predicted molar refractivity (Wildman–Crippen MR) is 111 cm³/mol.